The van der Waals surface area contributed by atoms with Crippen molar-refractivity contribution in [2.45, 2.75) is 0 Å². The molecular formula is C11H9N5O5. The smallest absolute Gasteiger partial charge is 0.375 e. The van der Waals surface area contributed by atoms with Crippen molar-refractivity contribution in [3.8, 4) is 0 Å². The van der Waals surface area contributed by atoms with Gasteiger partial charge >= 0.3 is 18.0 Å². The van der Waals surface area contributed by atoms with Gasteiger partial charge < -0.3 is 15.5 Å². The molecule has 0 radical (unpaired) electrons. The van der Waals surface area contributed by atoms with E-state index in [0.29, 0.717) is 0 Å². The molecule has 5 N–H and O–H groups in total. The Kier molecular flexibility index (Phi) is 3.79. The topological polar surface area (TPSA) is 157 Å². The number of aromatic carboxylic acids is 2. The Bertz CT molecular complexity index is 711. The van der Waals surface area contributed by atoms with Gasteiger partial charge in [-0.2, -0.15) is 4.98 Å². The van der Waals surface area contributed by atoms with Gasteiger partial charge in [-0.15, -0.1) is 5.10 Å². The molecule has 108 valence electrons. The number of carboxylic acids is 2. The number of hydrogen-bond donors (Lipinski definition) is 5. The largest absolute Gasteiger partial charge is 0.478 e. The van der Waals surface area contributed by atoms with Crippen LogP contribution in [0, 0.1) is 0 Å². The number of carbonyl (C=O) groups excluding carboxylic acids is 1. The summed E-state index contributed by atoms with van der Waals surface area (Å²) in [6.07, 6.45) is 0. The van der Waals surface area contributed by atoms with Gasteiger partial charge in [0.25, 0.3) is 5.82 Å². The zero-order valence-corrected chi connectivity index (χ0v) is 10.3. The molecule has 10 heteroatoms. The normalized spacial score (nSPS) is 9.90. The second-order valence-corrected chi connectivity index (χ2v) is 3.78. The third-order valence-electron chi connectivity index (χ3n) is 2.28. The van der Waals surface area contributed by atoms with E-state index in [1.165, 1.54) is 24.3 Å². The number of carboxylic acid groups (broad SMARTS) is 2. The van der Waals surface area contributed by atoms with E-state index in [4.69, 9.17) is 10.2 Å². The molecule has 0 spiro atoms. The highest BCUT2D eigenvalue weighted by Crippen LogP contribution is 2.11. The maximum absolute atomic E-state index is 11.6. The number of hydrogen-bond acceptors (Lipinski definition) is 5. The van der Waals surface area contributed by atoms with Crippen molar-refractivity contribution in [1.29, 1.82) is 0 Å². The molecule has 0 aliphatic rings. The fourth-order valence-electron chi connectivity index (χ4n) is 1.41. The highest BCUT2D eigenvalue weighted by Gasteiger charge is 2.12. The van der Waals surface area contributed by atoms with E-state index in [1.807, 2.05) is 0 Å². The number of nitrogens with one attached hydrogen (secondary N) is 3. The average Bonchev–Trinajstić information content (AvgIpc) is 2.87. The predicted molar refractivity (Wildman–Crippen MR) is 69.4 cm³/mol. The van der Waals surface area contributed by atoms with Crippen molar-refractivity contribution in [2.24, 2.45) is 0 Å². The number of benzene rings is 1. The number of anilines is 2. The Balaban J connectivity index is 2.02. The van der Waals surface area contributed by atoms with Crippen LogP contribution in [-0.2, 0) is 0 Å². The molecule has 2 aromatic rings. The van der Waals surface area contributed by atoms with Gasteiger partial charge in [0.05, 0.1) is 5.56 Å². The van der Waals surface area contributed by atoms with E-state index < -0.39 is 23.8 Å². The first-order valence-corrected chi connectivity index (χ1v) is 5.53. The number of carbonyl (C=O) groups is 3. The van der Waals surface area contributed by atoms with E-state index in [9.17, 15) is 14.4 Å². The monoisotopic (exact) mass is 291 g/mol. The van der Waals surface area contributed by atoms with Crippen molar-refractivity contribution >= 4 is 29.6 Å². The van der Waals surface area contributed by atoms with Crippen LogP contribution in [0.2, 0.25) is 0 Å². The highest BCUT2D eigenvalue weighted by atomic mass is 16.4. The summed E-state index contributed by atoms with van der Waals surface area (Å²) in [5.41, 5.74) is 0.269. The Labute approximate surface area is 116 Å². The summed E-state index contributed by atoms with van der Waals surface area (Å²) in [4.78, 5) is 36.5. The lowest BCUT2D eigenvalue weighted by Crippen LogP contribution is -2.20. The van der Waals surface area contributed by atoms with Crippen LogP contribution in [0.5, 0.6) is 0 Å². The molecule has 2 rings (SSSR count). The zero-order chi connectivity index (χ0) is 15.4. The van der Waals surface area contributed by atoms with E-state index in [0.717, 1.165) is 0 Å². The lowest BCUT2D eigenvalue weighted by Gasteiger charge is -2.05. The zero-order valence-electron chi connectivity index (χ0n) is 10.3. The lowest BCUT2D eigenvalue weighted by atomic mass is 10.2. The third kappa shape index (κ3) is 3.53. The van der Waals surface area contributed by atoms with Crippen LogP contribution in [0.15, 0.2) is 24.3 Å². The van der Waals surface area contributed by atoms with Crippen LogP contribution in [0.1, 0.15) is 21.0 Å². The molecule has 1 aromatic heterocycles. The molecule has 10 nitrogen and oxygen atoms in total. The summed E-state index contributed by atoms with van der Waals surface area (Å²) in [5.74, 6) is -3.10. The molecule has 0 atom stereocenters. The SMILES string of the molecule is O=C(Nc1cccc(C(=O)O)c1)Nc1nc(C(=O)O)n[nH]1. The maximum atomic E-state index is 11.6. The van der Waals surface area contributed by atoms with Crippen LogP contribution in [0.4, 0.5) is 16.4 Å². The summed E-state index contributed by atoms with van der Waals surface area (Å²) in [7, 11) is 0. The third-order valence-corrected chi connectivity index (χ3v) is 2.28. The first-order valence-electron chi connectivity index (χ1n) is 5.53. The van der Waals surface area contributed by atoms with E-state index in [1.54, 1.807) is 0 Å². The van der Waals surface area contributed by atoms with Crippen molar-refractivity contribution in [2.75, 3.05) is 10.6 Å². The predicted octanol–water partition coefficient (Wildman–Crippen LogP) is 0.845. The Morgan fingerprint density at radius 2 is 1.86 bits per heavy atom. The number of H-pyrrole nitrogens is 1. The fraction of sp³-hybridized carbons (Fsp3) is 0. The first kappa shape index (κ1) is 14.0. The second kappa shape index (κ2) is 5.69. The molecule has 1 aromatic carbocycles. The Morgan fingerprint density at radius 3 is 2.48 bits per heavy atom. The summed E-state index contributed by atoms with van der Waals surface area (Å²) in [5, 5.41) is 27.6. The fourth-order valence-corrected chi connectivity index (χ4v) is 1.41. The first-order chi connectivity index (χ1) is 9.95. The Morgan fingerprint density at radius 1 is 1.10 bits per heavy atom. The van der Waals surface area contributed by atoms with Gasteiger partial charge in [-0.25, -0.2) is 19.5 Å². The van der Waals surface area contributed by atoms with Gasteiger partial charge in [-0.05, 0) is 18.2 Å². The minimum absolute atomic E-state index is 0.0145. The molecule has 0 saturated heterocycles. The Hall–Kier alpha value is -3.43. The quantitative estimate of drug-likeness (QED) is 0.558. The van der Waals surface area contributed by atoms with Crippen molar-refractivity contribution in [1.82, 2.24) is 15.2 Å². The van der Waals surface area contributed by atoms with Crippen LogP contribution >= 0.6 is 0 Å². The van der Waals surface area contributed by atoms with Crippen molar-refractivity contribution in [3.63, 3.8) is 0 Å². The summed E-state index contributed by atoms with van der Waals surface area (Å²) < 4.78 is 0. The molecule has 0 unspecified atom stereocenters. The van der Waals surface area contributed by atoms with Gasteiger partial charge in [0.15, 0.2) is 0 Å². The average molecular weight is 291 g/mol. The summed E-state index contributed by atoms with van der Waals surface area (Å²) in [6.45, 7) is 0. The molecule has 0 fully saturated rings. The van der Waals surface area contributed by atoms with Gasteiger partial charge in [-0.1, -0.05) is 6.07 Å². The number of amides is 2. The number of urea groups is 1. The summed E-state index contributed by atoms with van der Waals surface area (Å²) in [6, 6.07) is 4.88. The van der Waals surface area contributed by atoms with E-state index in [-0.39, 0.29) is 17.2 Å². The molecule has 21 heavy (non-hydrogen) atoms. The number of nitrogens with zero attached hydrogens (tertiary/aromatic N) is 2. The van der Waals surface area contributed by atoms with Crippen LogP contribution in [0.3, 0.4) is 0 Å². The van der Waals surface area contributed by atoms with Gasteiger partial charge in [0.1, 0.15) is 0 Å². The van der Waals surface area contributed by atoms with Crippen molar-refractivity contribution in [3.05, 3.63) is 35.7 Å². The van der Waals surface area contributed by atoms with E-state index >= 15 is 0 Å². The van der Waals surface area contributed by atoms with Crippen LogP contribution in [0.25, 0.3) is 0 Å². The van der Waals surface area contributed by atoms with Crippen molar-refractivity contribution < 1.29 is 24.6 Å². The van der Waals surface area contributed by atoms with Crippen LogP contribution in [-0.4, -0.2) is 43.4 Å². The maximum Gasteiger partial charge on any atom is 0.375 e. The minimum Gasteiger partial charge on any atom is -0.478 e. The van der Waals surface area contributed by atoms with E-state index in [2.05, 4.69) is 25.8 Å². The second-order valence-electron chi connectivity index (χ2n) is 3.78. The minimum atomic E-state index is -1.34. The number of aromatic nitrogens is 3. The standard InChI is InChI=1S/C11H9N5O5/c17-8(18)5-2-1-3-6(4-5)12-11(21)14-10-13-7(9(19)20)15-16-10/h1-4H,(H,17,18)(H,19,20)(H3,12,13,14,15,16,21). The molecule has 1 heterocycles. The summed E-state index contributed by atoms with van der Waals surface area (Å²) >= 11 is 0. The molecule has 0 aliphatic carbocycles. The lowest BCUT2D eigenvalue weighted by molar-refractivity contribution is 0.0678. The molecule has 2 amide bonds. The van der Waals surface area contributed by atoms with Gasteiger partial charge in [0.2, 0.25) is 5.95 Å². The molecule has 0 aliphatic heterocycles. The molecular weight excluding hydrogens is 282 g/mol. The van der Waals surface area contributed by atoms with Gasteiger partial charge in [0, 0.05) is 5.69 Å². The number of aromatic amines is 1. The van der Waals surface area contributed by atoms with Gasteiger partial charge in [-0.3, -0.25) is 5.32 Å². The highest BCUT2D eigenvalue weighted by molar-refractivity contribution is 5.99. The number of rotatable bonds is 4. The molecule has 0 saturated carbocycles. The molecule has 0 bridgehead atoms. The van der Waals surface area contributed by atoms with Crippen LogP contribution < -0.4 is 10.6 Å².